The lowest BCUT2D eigenvalue weighted by Gasteiger charge is -2.30. The van der Waals surface area contributed by atoms with Gasteiger partial charge in [-0.3, -0.25) is 0 Å². The van der Waals surface area contributed by atoms with E-state index < -0.39 is 0 Å². The van der Waals surface area contributed by atoms with Gasteiger partial charge in [-0.25, -0.2) is 0 Å². The normalized spacial score (nSPS) is 16.0. The Bertz CT molecular complexity index is 2490. The first-order chi connectivity index (χ1) is 25.0. The zero-order chi connectivity index (χ0) is 35.6. The van der Waals surface area contributed by atoms with Crippen molar-refractivity contribution in [3.8, 4) is 44.5 Å². The number of fused-ring (bicyclic) bond motifs is 9. The second-order valence-corrected chi connectivity index (χ2v) is 16.6. The van der Waals surface area contributed by atoms with Crippen LogP contribution in [0.1, 0.15) is 74.9 Å². The molecule has 3 aliphatic carbocycles. The Morgan fingerprint density at radius 2 is 0.654 bits per heavy atom. The topological polar surface area (TPSA) is 3.24 Å². The number of rotatable bonds is 4. The van der Waals surface area contributed by atoms with Crippen LogP contribution in [0.2, 0.25) is 0 Å². The molecule has 0 N–H and O–H groups in total. The standard InChI is InChI=1S/C51H43N/c1-49(2)45-18-12-9-15-39(45)42-29-33(21-28-46(42)49)32-19-22-34(23-20-32)52(35-24-26-40-37-13-7-10-16-43(37)50(3,4)47(40)30-35)36-25-27-41-38-14-8-11-17-44(38)51(5,6)48(41)31-36/h7-31H,1-6H3. The zero-order valence-electron chi connectivity index (χ0n) is 30.9. The van der Waals surface area contributed by atoms with Crippen molar-refractivity contribution in [3.63, 3.8) is 0 Å². The van der Waals surface area contributed by atoms with Crippen LogP contribution in [0.5, 0.6) is 0 Å². The van der Waals surface area contributed by atoms with Crippen molar-refractivity contribution in [1.29, 1.82) is 0 Å². The summed E-state index contributed by atoms with van der Waals surface area (Å²) in [4.78, 5) is 2.46. The average molecular weight is 670 g/mol. The molecular formula is C51H43N. The van der Waals surface area contributed by atoms with E-state index in [-0.39, 0.29) is 16.2 Å². The van der Waals surface area contributed by atoms with Gasteiger partial charge in [-0.15, -0.1) is 0 Å². The van der Waals surface area contributed by atoms with Crippen molar-refractivity contribution >= 4 is 17.1 Å². The number of hydrogen-bond donors (Lipinski definition) is 0. The highest BCUT2D eigenvalue weighted by Gasteiger charge is 2.38. The van der Waals surface area contributed by atoms with Crippen LogP contribution < -0.4 is 4.90 Å². The zero-order valence-corrected chi connectivity index (χ0v) is 30.9. The first-order valence-corrected chi connectivity index (χ1v) is 18.7. The molecule has 7 aromatic carbocycles. The van der Waals surface area contributed by atoms with Crippen LogP contribution in [0.15, 0.2) is 152 Å². The second-order valence-electron chi connectivity index (χ2n) is 16.6. The van der Waals surface area contributed by atoms with Gasteiger partial charge in [0.1, 0.15) is 0 Å². The van der Waals surface area contributed by atoms with E-state index in [1.807, 2.05) is 0 Å². The molecule has 0 aliphatic heterocycles. The van der Waals surface area contributed by atoms with Gasteiger partial charge < -0.3 is 4.90 Å². The lowest BCUT2D eigenvalue weighted by Crippen LogP contribution is -2.18. The molecular weight excluding hydrogens is 627 g/mol. The van der Waals surface area contributed by atoms with Gasteiger partial charge in [0.2, 0.25) is 0 Å². The van der Waals surface area contributed by atoms with Crippen molar-refractivity contribution in [2.75, 3.05) is 4.90 Å². The monoisotopic (exact) mass is 669 g/mol. The van der Waals surface area contributed by atoms with Gasteiger partial charge in [-0.05, 0) is 120 Å². The molecule has 0 atom stereocenters. The fraction of sp³-hybridized carbons (Fsp3) is 0.176. The lowest BCUT2D eigenvalue weighted by atomic mass is 9.82. The van der Waals surface area contributed by atoms with Gasteiger partial charge in [0, 0.05) is 33.3 Å². The molecule has 252 valence electrons. The molecule has 1 nitrogen and oxygen atoms in total. The minimum atomic E-state index is -0.0835. The molecule has 0 unspecified atom stereocenters. The highest BCUT2D eigenvalue weighted by atomic mass is 15.1. The van der Waals surface area contributed by atoms with Gasteiger partial charge >= 0.3 is 0 Å². The maximum atomic E-state index is 2.46. The number of nitrogens with zero attached hydrogens (tertiary/aromatic N) is 1. The van der Waals surface area contributed by atoms with E-state index in [1.165, 1.54) is 89.3 Å². The van der Waals surface area contributed by atoms with Crippen molar-refractivity contribution in [2.24, 2.45) is 0 Å². The summed E-state index contributed by atoms with van der Waals surface area (Å²) >= 11 is 0. The number of anilines is 3. The third kappa shape index (κ3) is 4.23. The molecule has 52 heavy (non-hydrogen) atoms. The fourth-order valence-electron chi connectivity index (χ4n) is 9.81. The lowest BCUT2D eigenvalue weighted by molar-refractivity contribution is 0.660. The Labute approximate surface area is 308 Å². The summed E-state index contributed by atoms with van der Waals surface area (Å²) in [6.07, 6.45) is 0. The van der Waals surface area contributed by atoms with E-state index in [1.54, 1.807) is 0 Å². The summed E-state index contributed by atoms with van der Waals surface area (Å²) in [7, 11) is 0. The second kappa shape index (κ2) is 10.7. The molecule has 7 aromatic rings. The van der Waals surface area contributed by atoms with Gasteiger partial charge in [0.25, 0.3) is 0 Å². The van der Waals surface area contributed by atoms with Crippen molar-refractivity contribution in [3.05, 3.63) is 185 Å². The molecule has 0 amide bonds. The van der Waals surface area contributed by atoms with Crippen LogP contribution in [0, 0.1) is 0 Å². The summed E-state index contributed by atoms with van der Waals surface area (Å²) in [5, 5.41) is 0. The molecule has 0 bridgehead atoms. The summed E-state index contributed by atoms with van der Waals surface area (Å²) in [6, 6.07) is 57.2. The van der Waals surface area contributed by atoms with E-state index in [0.29, 0.717) is 0 Å². The Hall–Kier alpha value is -5.66. The van der Waals surface area contributed by atoms with Gasteiger partial charge in [-0.1, -0.05) is 151 Å². The smallest absolute Gasteiger partial charge is 0.0465 e. The predicted molar refractivity (Wildman–Crippen MR) is 219 cm³/mol. The van der Waals surface area contributed by atoms with E-state index in [2.05, 4.69) is 198 Å². The molecule has 0 saturated carbocycles. The highest BCUT2D eigenvalue weighted by Crippen LogP contribution is 2.54. The fourth-order valence-corrected chi connectivity index (χ4v) is 9.81. The Kier molecular flexibility index (Phi) is 6.39. The summed E-state index contributed by atoms with van der Waals surface area (Å²) in [5.41, 5.74) is 22.3. The van der Waals surface area contributed by atoms with Crippen LogP contribution in [0.25, 0.3) is 44.5 Å². The number of hydrogen-bond acceptors (Lipinski definition) is 1. The van der Waals surface area contributed by atoms with Crippen LogP contribution in [0.4, 0.5) is 17.1 Å². The highest BCUT2D eigenvalue weighted by molar-refractivity contribution is 5.89. The van der Waals surface area contributed by atoms with E-state index in [0.717, 1.165) is 5.69 Å². The first-order valence-electron chi connectivity index (χ1n) is 18.7. The van der Waals surface area contributed by atoms with E-state index in [9.17, 15) is 0 Å². The maximum absolute atomic E-state index is 2.46. The summed E-state index contributed by atoms with van der Waals surface area (Å²) in [6.45, 7) is 14.2. The minimum absolute atomic E-state index is 0.00635. The molecule has 0 saturated heterocycles. The van der Waals surface area contributed by atoms with E-state index in [4.69, 9.17) is 0 Å². The third-order valence-electron chi connectivity index (χ3n) is 12.7. The van der Waals surface area contributed by atoms with Gasteiger partial charge in [0.05, 0.1) is 0 Å². The predicted octanol–water partition coefficient (Wildman–Crippen LogP) is 13.7. The van der Waals surface area contributed by atoms with E-state index >= 15 is 0 Å². The van der Waals surface area contributed by atoms with Gasteiger partial charge in [-0.2, -0.15) is 0 Å². The molecule has 3 aliphatic rings. The Morgan fingerprint density at radius 3 is 1.15 bits per heavy atom. The molecule has 0 aromatic heterocycles. The molecule has 0 radical (unpaired) electrons. The first kappa shape index (κ1) is 31.1. The molecule has 0 fully saturated rings. The summed E-state index contributed by atoms with van der Waals surface area (Å²) in [5.74, 6) is 0. The van der Waals surface area contributed by atoms with Crippen molar-refractivity contribution < 1.29 is 0 Å². The average Bonchev–Trinajstić information content (AvgIpc) is 3.64. The van der Waals surface area contributed by atoms with Crippen LogP contribution in [-0.2, 0) is 16.2 Å². The molecule has 1 heteroatoms. The third-order valence-corrected chi connectivity index (χ3v) is 12.7. The Balaban J connectivity index is 1.10. The largest absolute Gasteiger partial charge is 0.310 e. The van der Waals surface area contributed by atoms with Crippen molar-refractivity contribution in [2.45, 2.75) is 57.8 Å². The molecule has 0 spiro atoms. The van der Waals surface area contributed by atoms with Crippen LogP contribution in [0.3, 0.4) is 0 Å². The van der Waals surface area contributed by atoms with Gasteiger partial charge in [0.15, 0.2) is 0 Å². The number of benzene rings is 7. The summed E-state index contributed by atoms with van der Waals surface area (Å²) < 4.78 is 0. The quantitative estimate of drug-likeness (QED) is 0.180. The molecule has 10 rings (SSSR count). The minimum Gasteiger partial charge on any atom is -0.310 e. The SMILES string of the molecule is CC1(C)c2ccccc2-c2cc(-c3ccc(N(c4ccc5c(c4)C(C)(C)c4ccccc4-5)c4ccc5c(c4)C(C)(C)c4ccccc4-5)cc3)ccc21. The molecule has 0 heterocycles. The van der Waals surface area contributed by atoms with Crippen LogP contribution in [-0.4, -0.2) is 0 Å². The van der Waals surface area contributed by atoms with Crippen LogP contribution >= 0.6 is 0 Å². The maximum Gasteiger partial charge on any atom is 0.0465 e. The Morgan fingerprint density at radius 1 is 0.288 bits per heavy atom. The van der Waals surface area contributed by atoms with Crippen molar-refractivity contribution in [1.82, 2.24) is 0 Å².